The molecule has 0 radical (unpaired) electrons. The second-order valence-electron chi connectivity index (χ2n) is 37.8. The van der Waals surface area contributed by atoms with Crippen LogP contribution in [0.15, 0.2) is 121 Å². The van der Waals surface area contributed by atoms with Crippen LogP contribution in [0.25, 0.3) is 11.4 Å². The van der Waals surface area contributed by atoms with Crippen LogP contribution in [0.4, 0.5) is 8.78 Å². The van der Waals surface area contributed by atoms with Crippen LogP contribution in [0.1, 0.15) is 303 Å². The minimum absolute atomic E-state index is 0.0644. The number of aromatic nitrogens is 9. The molecular formula is C96H141F2N9O. The molecule has 10 nitrogen and oxygen atoms in total. The van der Waals surface area contributed by atoms with Crippen LogP contribution in [0, 0.1) is 94.8 Å². The van der Waals surface area contributed by atoms with E-state index in [1.807, 2.05) is 99.6 Å². The number of halogens is 2. The first-order chi connectivity index (χ1) is 49.3. The average molecular weight is 1480 g/mol. The fraction of sp³-hybridized carbons (Fsp3) is 0.531. The van der Waals surface area contributed by atoms with Crippen LogP contribution >= 0.6 is 0 Å². The van der Waals surface area contributed by atoms with Crippen LogP contribution in [0.3, 0.4) is 0 Å². The summed E-state index contributed by atoms with van der Waals surface area (Å²) < 4.78 is 31.2. The Hall–Kier alpha value is -7.83. The lowest BCUT2D eigenvalue weighted by Crippen LogP contribution is -2.28. The van der Waals surface area contributed by atoms with Crippen molar-refractivity contribution in [3.63, 3.8) is 0 Å². The van der Waals surface area contributed by atoms with Gasteiger partial charge in [0.1, 0.15) is 12.0 Å². The molecule has 0 amide bonds. The summed E-state index contributed by atoms with van der Waals surface area (Å²) in [6.07, 6.45) is 3.69. The molecule has 9 aromatic heterocycles. The Morgan fingerprint density at radius 3 is 0.852 bits per heavy atom. The predicted molar refractivity (Wildman–Crippen MR) is 456 cm³/mol. The molecule has 590 valence electrons. The summed E-state index contributed by atoms with van der Waals surface area (Å²) in [5, 5.41) is 0. The number of ether oxygens (including phenoxy) is 1. The first-order valence-corrected chi connectivity index (χ1v) is 38.7. The summed E-state index contributed by atoms with van der Waals surface area (Å²) in [5.74, 6) is 0.309. The molecule has 0 atom stereocenters. The number of alkyl halides is 1. The van der Waals surface area contributed by atoms with Gasteiger partial charge in [-0.2, -0.15) is 0 Å². The third kappa shape index (κ3) is 31.6. The van der Waals surface area contributed by atoms with E-state index in [1.165, 1.54) is 73.5 Å². The zero-order valence-corrected chi connectivity index (χ0v) is 74.2. The van der Waals surface area contributed by atoms with Crippen LogP contribution in [-0.2, 0) is 61.1 Å². The molecule has 10 rings (SSSR count). The van der Waals surface area contributed by atoms with Gasteiger partial charge in [-0.25, -0.2) is 8.78 Å². The average Bonchev–Trinajstić information content (AvgIpc) is 0.817. The van der Waals surface area contributed by atoms with Gasteiger partial charge in [-0.3, -0.25) is 44.9 Å². The first kappa shape index (κ1) is 94.4. The molecule has 0 bridgehead atoms. The fourth-order valence-corrected chi connectivity index (χ4v) is 12.6. The van der Waals surface area contributed by atoms with E-state index in [1.54, 1.807) is 19.4 Å². The lowest BCUT2D eigenvalue weighted by atomic mass is 9.77. The Balaban J connectivity index is 0.000000322. The molecule has 9 heterocycles. The standard InChI is InChI=1S/C15H22FN.C15H18N2.C12H19NO.4C11H17N.C10H14FN/c1-10-5-6-12(7-11-8-13(16)9-11)14(17-10)15(2,3)4;1-11-8-9-13(12-7-5-6-10-16-12)17-14(11)15(2,3)4;1-9-6-7-10(8-14-5)11(13-9)12(2,3)4;4*1-8-6-7-9(2)12-10(8)11(3,4)5;1-7-5-6-8(11)9(12-7)10(2,3)4/h5-6,11,13H,7-9H2,1-4H3;5-10H,1-4H3;6-7H,8H2,1-5H3;4*6-7H,1-5H3;5-6H,1-4H3. The Labute approximate surface area is 655 Å². The van der Waals surface area contributed by atoms with Gasteiger partial charge in [0, 0.05) is 131 Å². The third-order valence-corrected chi connectivity index (χ3v) is 17.9. The topological polar surface area (TPSA) is 125 Å². The summed E-state index contributed by atoms with van der Waals surface area (Å²) in [7, 11) is 1.71. The van der Waals surface area contributed by atoms with E-state index in [0.717, 1.165) is 81.9 Å². The zero-order chi connectivity index (χ0) is 82.6. The summed E-state index contributed by atoms with van der Waals surface area (Å²) in [6.45, 7) is 77.2. The van der Waals surface area contributed by atoms with Crippen molar-refractivity contribution < 1.29 is 13.5 Å². The summed E-state index contributed by atoms with van der Waals surface area (Å²) in [6, 6.07) is 38.4. The number of hydrogen-bond acceptors (Lipinski definition) is 10. The van der Waals surface area contributed by atoms with Crippen molar-refractivity contribution >= 4 is 0 Å². The Bertz CT molecular complexity index is 3930. The van der Waals surface area contributed by atoms with Gasteiger partial charge in [-0.05, 0) is 214 Å². The van der Waals surface area contributed by atoms with Crippen molar-refractivity contribution in [3.8, 4) is 11.4 Å². The van der Waals surface area contributed by atoms with Crippen LogP contribution in [-0.4, -0.2) is 58.1 Å². The molecule has 1 fully saturated rings. The lowest BCUT2D eigenvalue weighted by molar-refractivity contribution is 0.131. The quantitative estimate of drug-likeness (QED) is 0.164. The highest BCUT2D eigenvalue weighted by molar-refractivity contribution is 5.55. The molecule has 0 N–H and O–H groups in total. The van der Waals surface area contributed by atoms with Crippen LogP contribution in [0.5, 0.6) is 0 Å². The molecule has 1 aliphatic carbocycles. The normalized spacial score (nSPS) is 13.7. The molecular weight excluding hydrogens is 1330 g/mol. The molecule has 1 aliphatic rings. The van der Waals surface area contributed by atoms with Gasteiger partial charge in [0.05, 0.1) is 29.4 Å². The van der Waals surface area contributed by atoms with E-state index >= 15 is 0 Å². The van der Waals surface area contributed by atoms with E-state index in [2.05, 4.69) is 293 Å². The first-order valence-electron chi connectivity index (χ1n) is 38.7. The molecule has 0 aromatic carbocycles. The minimum Gasteiger partial charge on any atom is -0.380 e. The highest BCUT2D eigenvalue weighted by Gasteiger charge is 2.31. The molecule has 0 saturated heterocycles. The van der Waals surface area contributed by atoms with Crippen molar-refractivity contribution in [3.05, 3.63) is 252 Å². The fourth-order valence-electron chi connectivity index (χ4n) is 12.6. The van der Waals surface area contributed by atoms with Crippen LogP contribution in [0.2, 0.25) is 0 Å². The molecule has 9 aromatic rings. The minimum atomic E-state index is -0.559. The Morgan fingerprint density at radius 2 is 0.574 bits per heavy atom. The Morgan fingerprint density at radius 1 is 0.306 bits per heavy atom. The summed E-state index contributed by atoms with van der Waals surface area (Å²) >= 11 is 0. The van der Waals surface area contributed by atoms with E-state index in [-0.39, 0.29) is 49.1 Å². The highest BCUT2D eigenvalue weighted by Crippen LogP contribution is 2.36. The SMILES string of the molecule is COCc1ccc(C)nc1C(C)(C)C.Cc1ccc(-c2ccccn2)nc1C(C)(C)C.Cc1ccc(C)c(C(C)(C)C)n1.Cc1ccc(C)c(C(C)(C)C)n1.Cc1ccc(C)c(C(C)(C)C)n1.Cc1ccc(C)c(C(C)(C)C)n1.Cc1ccc(CC2CC(F)C2)c(C(C)(C)C)n1.Cc1ccc(F)c(C(C)(C)C)n1. The van der Waals surface area contributed by atoms with Crippen molar-refractivity contribution in [2.45, 2.75) is 325 Å². The van der Waals surface area contributed by atoms with Gasteiger partial charge in [0.25, 0.3) is 0 Å². The Kier molecular flexibility index (Phi) is 34.7. The number of hydrogen-bond donors (Lipinski definition) is 0. The van der Waals surface area contributed by atoms with Crippen LogP contribution < -0.4 is 0 Å². The lowest BCUT2D eigenvalue weighted by Gasteiger charge is -2.31. The van der Waals surface area contributed by atoms with Gasteiger partial charge in [-0.15, -0.1) is 0 Å². The number of pyridine rings is 9. The van der Waals surface area contributed by atoms with Gasteiger partial charge in [0.2, 0.25) is 0 Å². The number of nitrogens with zero attached hydrogens (tertiary/aromatic N) is 9. The largest absolute Gasteiger partial charge is 0.380 e. The molecule has 108 heavy (non-hydrogen) atoms. The number of rotatable bonds is 5. The molecule has 0 unspecified atom stereocenters. The number of aryl methyl sites for hydroxylation is 12. The van der Waals surface area contributed by atoms with Gasteiger partial charge >= 0.3 is 0 Å². The van der Waals surface area contributed by atoms with Crippen molar-refractivity contribution in [2.24, 2.45) is 5.92 Å². The molecule has 0 aliphatic heterocycles. The molecule has 1 saturated carbocycles. The second kappa shape index (κ2) is 39.7. The van der Waals surface area contributed by atoms with Crippen molar-refractivity contribution in [1.29, 1.82) is 0 Å². The van der Waals surface area contributed by atoms with Gasteiger partial charge < -0.3 is 4.74 Å². The number of methoxy groups -OCH3 is 1. The van der Waals surface area contributed by atoms with E-state index < -0.39 is 6.17 Å². The monoisotopic (exact) mass is 1470 g/mol. The third-order valence-electron chi connectivity index (χ3n) is 17.9. The summed E-state index contributed by atoms with van der Waals surface area (Å²) in [4.78, 5) is 40.7. The van der Waals surface area contributed by atoms with E-state index in [0.29, 0.717) is 18.2 Å². The van der Waals surface area contributed by atoms with E-state index in [9.17, 15) is 8.78 Å². The maximum atomic E-state index is 13.2. The van der Waals surface area contributed by atoms with Gasteiger partial charge in [-0.1, -0.05) is 215 Å². The van der Waals surface area contributed by atoms with Gasteiger partial charge in [0.15, 0.2) is 0 Å². The predicted octanol–water partition coefficient (Wildman–Crippen LogP) is 25.4. The maximum Gasteiger partial charge on any atom is 0.145 e. The zero-order valence-electron chi connectivity index (χ0n) is 74.2. The smallest absolute Gasteiger partial charge is 0.145 e. The van der Waals surface area contributed by atoms with Crippen molar-refractivity contribution in [1.82, 2.24) is 44.9 Å². The highest BCUT2D eigenvalue weighted by atomic mass is 19.1. The maximum absolute atomic E-state index is 13.2. The molecule has 12 heteroatoms. The summed E-state index contributed by atoms with van der Waals surface area (Å²) in [5.41, 5.74) is 27.6. The second-order valence-corrected chi connectivity index (χ2v) is 37.8. The van der Waals surface area contributed by atoms with E-state index in [4.69, 9.17) is 9.72 Å². The molecule has 0 spiro atoms. The van der Waals surface area contributed by atoms with Crippen molar-refractivity contribution in [2.75, 3.05) is 7.11 Å².